The first kappa shape index (κ1) is 19.9. The van der Waals surface area contributed by atoms with Gasteiger partial charge in [0.05, 0.1) is 13.2 Å². The number of rotatable bonds is 2. The summed E-state index contributed by atoms with van der Waals surface area (Å²) in [5.74, 6) is 0.620. The van der Waals surface area contributed by atoms with E-state index in [1.807, 2.05) is 6.07 Å². The Balaban J connectivity index is 0.00000113. The first-order valence-corrected chi connectivity index (χ1v) is 8.29. The summed E-state index contributed by atoms with van der Waals surface area (Å²) in [6.45, 7) is 0.923. The molecule has 134 valence electrons. The summed E-state index contributed by atoms with van der Waals surface area (Å²) >= 11 is 1.50. The van der Waals surface area contributed by atoms with E-state index in [1.165, 1.54) is 24.2 Å². The lowest BCUT2D eigenvalue weighted by Crippen LogP contribution is -2.40. The van der Waals surface area contributed by atoms with Crippen LogP contribution in [0.4, 0.5) is 4.39 Å². The molecular formula is C16H17Cl2FN4OS. The second-order valence-electron chi connectivity index (χ2n) is 5.72. The lowest BCUT2D eigenvalue weighted by atomic mass is 9.80. The maximum absolute atomic E-state index is 14.6. The van der Waals surface area contributed by atoms with Crippen LogP contribution in [0.5, 0.6) is 0 Å². The predicted octanol–water partition coefficient (Wildman–Crippen LogP) is 3.03. The van der Waals surface area contributed by atoms with Crippen molar-refractivity contribution >= 4 is 41.7 Å². The number of ether oxygens (including phenoxy) is 1. The van der Waals surface area contributed by atoms with E-state index in [9.17, 15) is 4.39 Å². The minimum absolute atomic E-state index is 0. The summed E-state index contributed by atoms with van der Waals surface area (Å²) in [4.78, 5) is 12.6. The van der Waals surface area contributed by atoms with Crippen molar-refractivity contribution in [2.75, 3.05) is 19.0 Å². The van der Waals surface area contributed by atoms with Crippen LogP contribution in [0.15, 0.2) is 41.9 Å². The Morgan fingerprint density at radius 2 is 1.96 bits per heavy atom. The molecule has 25 heavy (non-hydrogen) atoms. The molecule has 0 saturated carbocycles. The van der Waals surface area contributed by atoms with Crippen LogP contribution in [0.3, 0.4) is 0 Å². The normalized spacial score (nSPS) is 24.5. The van der Waals surface area contributed by atoms with E-state index in [0.717, 1.165) is 16.9 Å². The third-order valence-electron chi connectivity index (χ3n) is 4.39. The maximum Gasteiger partial charge on any atom is 0.154 e. The highest BCUT2D eigenvalue weighted by Gasteiger charge is 2.49. The van der Waals surface area contributed by atoms with E-state index >= 15 is 0 Å². The van der Waals surface area contributed by atoms with Crippen LogP contribution in [-0.2, 0) is 10.3 Å². The fourth-order valence-electron chi connectivity index (χ4n) is 3.18. The number of amidine groups is 1. The van der Waals surface area contributed by atoms with Crippen molar-refractivity contribution in [1.82, 2.24) is 9.97 Å². The highest BCUT2D eigenvalue weighted by atomic mass is 35.5. The monoisotopic (exact) mass is 402 g/mol. The molecule has 2 aromatic rings. The van der Waals surface area contributed by atoms with Gasteiger partial charge in [-0.15, -0.1) is 24.8 Å². The molecule has 1 aromatic heterocycles. The zero-order chi connectivity index (χ0) is 15.9. The van der Waals surface area contributed by atoms with E-state index in [-0.39, 0.29) is 36.5 Å². The molecule has 0 aliphatic carbocycles. The molecule has 5 nitrogen and oxygen atoms in total. The minimum Gasteiger partial charge on any atom is -0.379 e. The molecule has 2 aliphatic heterocycles. The van der Waals surface area contributed by atoms with Gasteiger partial charge >= 0.3 is 0 Å². The maximum atomic E-state index is 14.6. The summed E-state index contributed by atoms with van der Waals surface area (Å²) in [6, 6.07) is 5.02. The Kier molecular flexibility index (Phi) is 6.26. The van der Waals surface area contributed by atoms with Crippen molar-refractivity contribution < 1.29 is 9.13 Å². The van der Waals surface area contributed by atoms with Gasteiger partial charge < -0.3 is 10.5 Å². The van der Waals surface area contributed by atoms with Gasteiger partial charge in [0.15, 0.2) is 5.17 Å². The molecule has 0 unspecified atom stereocenters. The Labute approximate surface area is 161 Å². The highest BCUT2D eigenvalue weighted by Crippen LogP contribution is 2.45. The lowest BCUT2D eigenvalue weighted by molar-refractivity contribution is 0.176. The fraction of sp³-hybridized carbons (Fsp3) is 0.312. The number of halogens is 3. The summed E-state index contributed by atoms with van der Waals surface area (Å²) < 4.78 is 20.3. The molecule has 1 fully saturated rings. The zero-order valence-electron chi connectivity index (χ0n) is 13.1. The quantitative estimate of drug-likeness (QED) is 0.835. The number of hydrogen-bond donors (Lipinski definition) is 1. The average Bonchev–Trinajstić information content (AvgIpc) is 3.00. The molecule has 1 aromatic carbocycles. The van der Waals surface area contributed by atoms with Crippen LogP contribution in [0.1, 0.15) is 5.56 Å². The first-order valence-electron chi connectivity index (χ1n) is 7.30. The Hall–Kier alpha value is -1.41. The van der Waals surface area contributed by atoms with E-state index in [2.05, 4.69) is 15.0 Å². The first-order chi connectivity index (χ1) is 11.2. The molecule has 3 heterocycles. The minimum atomic E-state index is -0.731. The summed E-state index contributed by atoms with van der Waals surface area (Å²) in [7, 11) is 0. The van der Waals surface area contributed by atoms with Crippen LogP contribution in [0, 0.1) is 11.7 Å². The van der Waals surface area contributed by atoms with Gasteiger partial charge in [-0.3, -0.25) is 0 Å². The van der Waals surface area contributed by atoms with E-state index in [1.54, 1.807) is 18.5 Å². The van der Waals surface area contributed by atoms with Crippen LogP contribution >= 0.6 is 36.6 Å². The number of aromatic nitrogens is 2. The topological polar surface area (TPSA) is 73.4 Å². The van der Waals surface area contributed by atoms with Crippen molar-refractivity contribution in [3.05, 3.63) is 48.3 Å². The molecule has 4 rings (SSSR count). The van der Waals surface area contributed by atoms with Crippen molar-refractivity contribution in [2.45, 2.75) is 5.54 Å². The predicted molar refractivity (Wildman–Crippen MR) is 102 cm³/mol. The number of aliphatic imine (C=N–C) groups is 1. The Morgan fingerprint density at radius 1 is 1.20 bits per heavy atom. The van der Waals surface area contributed by atoms with Gasteiger partial charge in [0.2, 0.25) is 0 Å². The standard InChI is InChI=1S/C16H15FN4OS.2ClH/c17-14-2-1-10(11-4-19-9-20-5-11)3-13(14)16-8-22-6-12(16)7-23-15(18)21-16;;/h1-5,9,12H,6-8H2,(H2,18,21);2*1H/t12-,16-;;/m0../s1. The number of nitrogens with zero attached hydrogens (tertiary/aromatic N) is 3. The van der Waals surface area contributed by atoms with Gasteiger partial charge in [-0.05, 0) is 17.7 Å². The SMILES string of the molecule is Cl.Cl.NC1=N[C@@]2(c3cc(-c4cncnc4)ccc3F)COC[C@H]2CS1. The van der Waals surface area contributed by atoms with Gasteiger partial charge in [0.1, 0.15) is 17.7 Å². The third kappa shape index (κ3) is 3.46. The van der Waals surface area contributed by atoms with Gasteiger partial charge in [-0.2, -0.15) is 0 Å². The van der Waals surface area contributed by atoms with E-state index in [4.69, 9.17) is 10.5 Å². The number of fused-ring (bicyclic) bond motifs is 1. The molecule has 9 heteroatoms. The molecule has 2 aliphatic rings. The van der Waals surface area contributed by atoms with Gasteiger partial charge in [0.25, 0.3) is 0 Å². The summed E-state index contributed by atoms with van der Waals surface area (Å²) in [6.07, 6.45) is 4.88. The van der Waals surface area contributed by atoms with Crippen LogP contribution in [-0.4, -0.2) is 34.1 Å². The summed E-state index contributed by atoms with van der Waals surface area (Å²) in [5, 5.41) is 0.486. The van der Waals surface area contributed by atoms with Crippen LogP contribution in [0.25, 0.3) is 11.1 Å². The molecule has 0 spiro atoms. The van der Waals surface area contributed by atoms with Gasteiger partial charge in [-0.25, -0.2) is 19.4 Å². The lowest BCUT2D eigenvalue weighted by Gasteiger charge is -2.34. The molecule has 0 radical (unpaired) electrons. The van der Waals surface area contributed by atoms with Crippen LogP contribution in [0.2, 0.25) is 0 Å². The smallest absolute Gasteiger partial charge is 0.154 e. The average molecular weight is 403 g/mol. The van der Waals surface area contributed by atoms with Gasteiger partial charge in [0, 0.05) is 35.2 Å². The van der Waals surface area contributed by atoms with E-state index in [0.29, 0.717) is 23.9 Å². The van der Waals surface area contributed by atoms with Crippen molar-refractivity contribution in [3.63, 3.8) is 0 Å². The fourth-order valence-corrected chi connectivity index (χ4v) is 4.15. The molecule has 0 bridgehead atoms. The highest BCUT2D eigenvalue weighted by molar-refractivity contribution is 8.13. The zero-order valence-corrected chi connectivity index (χ0v) is 15.5. The van der Waals surface area contributed by atoms with Crippen molar-refractivity contribution in [3.8, 4) is 11.1 Å². The third-order valence-corrected chi connectivity index (χ3v) is 5.34. The molecular weight excluding hydrogens is 386 g/mol. The number of hydrogen-bond acceptors (Lipinski definition) is 6. The number of benzene rings is 1. The Morgan fingerprint density at radius 3 is 2.72 bits per heavy atom. The second kappa shape index (κ2) is 7.86. The van der Waals surface area contributed by atoms with Gasteiger partial charge in [-0.1, -0.05) is 17.8 Å². The molecule has 0 amide bonds. The second-order valence-corrected chi connectivity index (χ2v) is 6.76. The van der Waals surface area contributed by atoms with Crippen molar-refractivity contribution in [2.24, 2.45) is 16.6 Å². The van der Waals surface area contributed by atoms with Crippen molar-refractivity contribution in [1.29, 1.82) is 0 Å². The van der Waals surface area contributed by atoms with Crippen LogP contribution < -0.4 is 5.73 Å². The summed E-state index contributed by atoms with van der Waals surface area (Å²) in [5.41, 5.74) is 7.42. The van der Waals surface area contributed by atoms with E-state index < -0.39 is 5.54 Å². The number of nitrogens with two attached hydrogens (primary N) is 1. The molecule has 2 N–H and O–H groups in total. The number of thioether (sulfide) groups is 1. The molecule has 1 saturated heterocycles. The molecule has 2 atom stereocenters. The Bertz CT molecular complexity index is 780. The largest absolute Gasteiger partial charge is 0.379 e.